The maximum atomic E-state index is 12.4. The second kappa shape index (κ2) is 7.52. The van der Waals surface area contributed by atoms with E-state index in [4.69, 9.17) is 9.47 Å². The zero-order valence-corrected chi connectivity index (χ0v) is 14.0. The number of benzene rings is 1. The molecule has 22 heavy (non-hydrogen) atoms. The maximum Gasteiger partial charge on any atom is 0.251 e. The van der Waals surface area contributed by atoms with Crippen molar-refractivity contribution >= 4 is 5.91 Å². The molecule has 1 aliphatic rings. The summed E-state index contributed by atoms with van der Waals surface area (Å²) in [5.41, 5.74) is 0.629. The van der Waals surface area contributed by atoms with Gasteiger partial charge in [0.25, 0.3) is 5.91 Å². The molecule has 0 saturated carbocycles. The molecule has 122 valence electrons. The van der Waals surface area contributed by atoms with Crippen LogP contribution in [0.2, 0.25) is 0 Å². The van der Waals surface area contributed by atoms with Gasteiger partial charge in [-0.1, -0.05) is 40.5 Å². The Labute approximate surface area is 133 Å². The first-order valence-corrected chi connectivity index (χ1v) is 8.33. The second-order valence-corrected chi connectivity index (χ2v) is 6.26. The molecule has 0 fully saturated rings. The smallest absolute Gasteiger partial charge is 0.251 e. The number of nitrogens with one attached hydrogen (secondary N) is 1. The van der Waals surface area contributed by atoms with Crippen LogP contribution in [0.15, 0.2) is 18.2 Å². The first-order valence-electron chi connectivity index (χ1n) is 8.33. The van der Waals surface area contributed by atoms with Crippen molar-refractivity contribution in [2.45, 2.75) is 65.7 Å². The molecule has 1 aromatic carbocycles. The van der Waals surface area contributed by atoms with Crippen molar-refractivity contribution in [2.75, 3.05) is 0 Å². The highest BCUT2D eigenvalue weighted by molar-refractivity contribution is 5.95. The molecule has 1 aromatic rings. The van der Waals surface area contributed by atoms with E-state index in [1.54, 1.807) is 12.1 Å². The lowest BCUT2D eigenvalue weighted by Crippen LogP contribution is -2.34. The molecule has 1 atom stereocenters. The molecule has 0 aromatic heterocycles. The van der Waals surface area contributed by atoms with E-state index >= 15 is 0 Å². The largest absolute Gasteiger partial charge is 0.451 e. The SMILES string of the molecule is CCCC(CCC)NC(=O)c1ccc2c(c1)OC(C(C)C)O2. The van der Waals surface area contributed by atoms with E-state index in [0.717, 1.165) is 25.7 Å². The summed E-state index contributed by atoms with van der Waals surface area (Å²) in [7, 11) is 0. The Morgan fingerprint density at radius 2 is 1.77 bits per heavy atom. The zero-order valence-electron chi connectivity index (χ0n) is 14.0. The number of hydrogen-bond donors (Lipinski definition) is 1. The van der Waals surface area contributed by atoms with Gasteiger partial charge in [0.2, 0.25) is 6.29 Å². The van der Waals surface area contributed by atoms with Gasteiger partial charge in [-0.3, -0.25) is 4.79 Å². The third-order valence-electron chi connectivity index (χ3n) is 3.85. The molecule has 1 heterocycles. The second-order valence-electron chi connectivity index (χ2n) is 6.26. The molecule has 4 heteroatoms. The van der Waals surface area contributed by atoms with Gasteiger partial charge in [-0.15, -0.1) is 0 Å². The summed E-state index contributed by atoms with van der Waals surface area (Å²) in [6.07, 6.45) is 3.91. The predicted molar refractivity (Wildman–Crippen MR) is 87.4 cm³/mol. The summed E-state index contributed by atoms with van der Waals surface area (Å²) in [4.78, 5) is 12.4. The number of carbonyl (C=O) groups excluding carboxylic acids is 1. The molecular formula is C18H27NO3. The Bertz CT molecular complexity index is 507. The van der Waals surface area contributed by atoms with Crippen molar-refractivity contribution in [1.82, 2.24) is 5.32 Å². The number of hydrogen-bond acceptors (Lipinski definition) is 3. The Hall–Kier alpha value is -1.71. The lowest BCUT2D eigenvalue weighted by Gasteiger charge is -2.17. The minimum Gasteiger partial charge on any atom is -0.451 e. The zero-order chi connectivity index (χ0) is 16.1. The van der Waals surface area contributed by atoms with Crippen LogP contribution in [0.5, 0.6) is 11.5 Å². The fourth-order valence-electron chi connectivity index (χ4n) is 2.64. The fraction of sp³-hybridized carbons (Fsp3) is 0.611. The Morgan fingerprint density at radius 3 is 2.36 bits per heavy atom. The normalized spacial score (nSPS) is 16.4. The van der Waals surface area contributed by atoms with Crippen LogP contribution in [0, 0.1) is 5.92 Å². The monoisotopic (exact) mass is 305 g/mol. The number of ether oxygens (including phenoxy) is 2. The summed E-state index contributed by atoms with van der Waals surface area (Å²) in [6, 6.07) is 5.65. The van der Waals surface area contributed by atoms with Crippen molar-refractivity contribution in [3.63, 3.8) is 0 Å². The fourth-order valence-corrected chi connectivity index (χ4v) is 2.64. The highest BCUT2D eigenvalue weighted by Crippen LogP contribution is 2.37. The van der Waals surface area contributed by atoms with E-state index in [1.165, 1.54) is 0 Å². The van der Waals surface area contributed by atoms with Crippen LogP contribution >= 0.6 is 0 Å². The first kappa shape index (κ1) is 16.7. The molecule has 4 nitrogen and oxygen atoms in total. The number of rotatable bonds is 7. The quantitative estimate of drug-likeness (QED) is 0.823. The van der Waals surface area contributed by atoms with E-state index in [2.05, 4.69) is 19.2 Å². The van der Waals surface area contributed by atoms with Crippen molar-refractivity contribution in [1.29, 1.82) is 0 Å². The molecule has 0 bridgehead atoms. The van der Waals surface area contributed by atoms with E-state index in [-0.39, 0.29) is 24.2 Å². The van der Waals surface area contributed by atoms with Gasteiger partial charge in [0.1, 0.15) is 0 Å². The van der Waals surface area contributed by atoms with Gasteiger partial charge < -0.3 is 14.8 Å². The summed E-state index contributed by atoms with van der Waals surface area (Å²) < 4.78 is 11.5. The molecule has 1 aliphatic heterocycles. The van der Waals surface area contributed by atoms with Crippen molar-refractivity contribution in [2.24, 2.45) is 5.92 Å². The van der Waals surface area contributed by atoms with Crippen molar-refractivity contribution in [3.05, 3.63) is 23.8 Å². The van der Waals surface area contributed by atoms with Crippen LogP contribution in [0.4, 0.5) is 0 Å². The molecule has 0 radical (unpaired) electrons. The number of fused-ring (bicyclic) bond motifs is 1. The molecule has 0 aliphatic carbocycles. The van der Waals surface area contributed by atoms with Crippen molar-refractivity contribution < 1.29 is 14.3 Å². The summed E-state index contributed by atoms with van der Waals surface area (Å²) in [5.74, 6) is 1.61. The summed E-state index contributed by atoms with van der Waals surface area (Å²) in [5, 5.41) is 3.12. The van der Waals surface area contributed by atoms with Gasteiger partial charge in [-0.2, -0.15) is 0 Å². The third kappa shape index (κ3) is 3.93. The Kier molecular flexibility index (Phi) is 5.69. The summed E-state index contributed by atoms with van der Waals surface area (Å²) >= 11 is 0. The van der Waals surface area contributed by atoms with Crippen LogP contribution in [0.1, 0.15) is 63.7 Å². The minimum absolute atomic E-state index is 0.0358. The van der Waals surface area contributed by atoms with E-state index < -0.39 is 0 Å². The molecular weight excluding hydrogens is 278 g/mol. The topological polar surface area (TPSA) is 47.6 Å². The Morgan fingerprint density at radius 1 is 1.14 bits per heavy atom. The Balaban J connectivity index is 2.04. The molecule has 1 amide bonds. The van der Waals surface area contributed by atoms with Crippen LogP contribution in [-0.4, -0.2) is 18.2 Å². The maximum absolute atomic E-state index is 12.4. The van der Waals surface area contributed by atoms with E-state index in [9.17, 15) is 4.79 Å². The van der Waals surface area contributed by atoms with Crippen molar-refractivity contribution in [3.8, 4) is 11.5 Å². The highest BCUT2D eigenvalue weighted by Gasteiger charge is 2.27. The summed E-state index contributed by atoms with van der Waals surface area (Å²) in [6.45, 7) is 8.37. The highest BCUT2D eigenvalue weighted by atomic mass is 16.7. The average molecular weight is 305 g/mol. The predicted octanol–water partition coefficient (Wildman–Crippen LogP) is 4.14. The molecule has 0 saturated heterocycles. The van der Waals surface area contributed by atoms with Gasteiger partial charge in [0.05, 0.1) is 0 Å². The molecule has 2 rings (SSSR count). The molecule has 0 spiro atoms. The van der Waals surface area contributed by atoms with Crippen LogP contribution < -0.4 is 14.8 Å². The number of amides is 1. The average Bonchev–Trinajstić information content (AvgIpc) is 2.91. The van der Waals surface area contributed by atoms with Crippen LogP contribution in [0.3, 0.4) is 0 Å². The minimum atomic E-state index is -0.263. The molecule has 1 unspecified atom stereocenters. The van der Waals surface area contributed by atoms with Gasteiger partial charge in [-0.25, -0.2) is 0 Å². The lowest BCUT2D eigenvalue weighted by atomic mass is 10.1. The van der Waals surface area contributed by atoms with Gasteiger partial charge in [-0.05, 0) is 31.0 Å². The lowest BCUT2D eigenvalue weighted by molar-refractivity contribution is 0.00908. The van der Waals surface area contributed by atoms with Crippen LogP contribution in [-0.2, 0) is 0 Å². The van der Waals surface area contributed by atoms with E-state index in [1.807, 2.05) is 19.9 Å². The first-order chi connectivity index (χ1) is 10.5. The standard InChI is InChI=1S/C18H27NO3/c1-5-7-14(8-6-2)19-17(20)13-9-10-15-16(11-13)22-18(21-15)12(3)4/h9-12,14,18H,5-8H2,1-4H3,(H,19,20). The third-order valence-corrected chi connectivity index (χ3v) is 3.85. The van der Waals surface area contributed by atoms with E-state index in [0.29, 0.717) is 17.1 Å². The molecule has 1 N–H and O–H groups in total. The van der Waals surface area contributed by atoms with Gasteiger partial charge >= 0.3 is 0 Å². The van der Waals surface area contributed by atoms with Crippen LogP contribution in [0.25, 0.3) is 0 Å². The van der Waals surface area contributed by atoms with Gasteiger partial charge in [0, 0.05) is 17.5 Å². The number of carbonyl (C=O) groups is 1. The van der Waals surface area contributed by atoms with Gasteiger partial charge in [0.15, 0.2) is 11.5 Å².